The van der Waals surface area contributed by atoms with Gasteiger partial charge < -0.3 is 28.4 Å². The maximum atomic E-state index is 13.3. The molecule has 4 fully saturated rings. The fourth-order valence-corrected chi connectivity index (χ4v) is 17.1. The van der Waals surface area contributed by atoms with Crippen molar-refractivity contribution in [3.05, 3.63) is 95.6 Å². The first-order valence-electron chi connectivity index (χ1n) is 28.7. The monoisotopic (exact) mass is 1010 g/mol. The molecule has 10 rings (SSSR count). The summed E-state index contributed by atoms with van der Waals surface area (Å²) in [5.41, 5.74) is 8.97. The number of allylic oxidation sites excluding steroid dienone is 8. The minimum absolute atomic E-state index is 0.0293. The van der Waals surface area contributed by atoms with E-state index in [1.54, 1.807) is 0 Å². The van der Waals surface area contributed by atoms with E-state index in [1.807, 2.05) is 52.5 Å². The molecule has 0 spiro atoms. The van der Waals surface area contributed by atoms with Crippen LogP contribution in [0.15, 0.2) is 84.5 Å². The van der Waals surface area contributed by atoms with E-state index >= 15 is 0 Å². The molecule has 0 radical (unpaired) electrons. The first-order chi connectivity index (χ1) is 35.5. The van der Waals surface area contributed by atoms with Crippen LogP contribution < -0.4 is 0 Å². The molecule has 8 aliphatic rings. The molecule has 14 atom stereocenters. The maximum absolute atomic E-state index is 13.3. The Balaban J connectivity index is 0.745. The number of carbonyl (C=O) groups excluding carboxylic acids is 3. The van der Waals surface area contributed by atoms with Crippen LogP contribution in [0.5, 0.6) is 0 Å². The van der Waals surface area contributed by atoms with Crippen molar-refractivity contribution in [1.29, 1.82) is 0 Å². The summed E-state index contributed by atoms with van der Waals surface area (Å²) in [6.45, 7) is 17.3. The van der Waals surface area contributed by atoms with Crippen LogP contribution >= 0.6 is 0 Å². The largest absolute Gasteiger partial charge is 0.508 e. The number of nitrogens with zero attached hydrogens (tertiary/aromatic N) is 2. The highest BCUT2D eigenvalue weighted by Gasteiger charge is 2.59. The van der Waals surface area contributed by atoms with Crippen molar-refractivity contribution >= 4 is 29.6 Å². The van der Waals surface area contributed by atoms with Crippen LogP contribution in [0.1, 0.15) is 169 Å². The summed E-state index contributed by atoms with van der Waals surface area (Å²) in [5.74, 6) is 3.83. The minimum Gasteiger partial charge on any atom is -0.434 e. The predicted octanol–water partition coefficient (Wildman–Crippen LogP) is 15.1. The Labute approximate surface area is 441 Å². The molecule has 0 aliphatic heterocycles. The number of aromatic nitrogens is 2. The highest BCUT2D eigenvalue weighted by atomic mass is 16.7. The maximum Gasteiger partial charge on any atom is 0.508 e. The van der Waals surface area contributed by atoms with E-state index < -0.39 is 30.7 Å². The van der Waals surface area contributed by atoms with E-state index in [0.717, 1.165) is 64.2 Å². The van der Waals surface area contributed by atoms with E-state index in [2.05, 4.69) is 86.2 Å². The fourth-order valence-electron chi connectivity index (χ4n) is 17.1. The van der Waals surface area contributed by atoms with E-state index in [9.17, 15) is 14.4 Å². The zero-order valence-corrected chi connectivity index (χ0v) is 45.7. The second-order valence-corrected chi connectivity index (χ2v) is 25.3. The smallest absolute Gasteiger partial charge is 0.434 e. The molecule has 8 aliphatic carbocycles. The number of hydrogen-bond acceptors (Lipinski definition) is 11. The van der Waals surface area contributed by atoms with E-state index in [-0.39, 0.29) is 58.9 Å². The molecule has 4 saturated carbocycles. The lowest BCUT2D eigenvalue weighted by atomic mass is 9.46. The molecule has 11 heteroatoms. The zero-order valence-electron chi connectivity index (χ0n) is 45.7. The third kappa shape index (κ3) is 10.0. The Bertz CT molecular complexity index is 2330. The van der Waals surface area contributed by atoms with Crippen molar-refractivity contribution in [3.63, 3.8) is 0 Å². The van der Waals surface area contributed by atoms with Gasteiger partial charge in [-0.3, -0.25) is 9.97 Å². The summed E-state index contributed by atoms with van der Waals surface area (Å²) < 4.78 is 34.6. The van der Waals surface area contributed by atoms with Gasteiger partial charge in [0.2, 0.25) is 0 Å². The lowest BCUT2D eigenvalue weighted by Crippen LogP contribution is -2.50. The Morgan fingerprint density at radius 1 is 0.527 bits per heavy atom. The zero-order chi connectivity index (χ0) is 52.0. The van der Waals surface area contributed by atoms with Gasteiger partial charge in [0.25, 0.3) is 0 Å². The summed E-state index contributed by atoms with van der Waals surface area (Å²) in [6.07, 6.45) is 29.4. The fraction of sp³-hybridized carbons (Fsp3) is 0.667. The standard InChI is InChI=1S/C63H84N2O9/c1-39(2)71-58(67)73-55(41-21-27-60(5)45(35-41)13-15-47-51-19-17-49(43-11-9-31-64-37-43)62(51,7)29-23-53(47)60)25-33-69-57(66)70-34-26-56(74-59(68)72-40(3)4)42-22-28-61(6)46(36-42)14-16-48-52-20-18-50(44-12-10-32-65-38-44)63(52,8)30-24-54(48)61/h9-14,17-18,31-32,37-42,47-48,51-56H,15-16,19-30,33-36H2,1-8H3/t41-,42-,47?,48?,51?,52?,53?,54?,55?,56?,60-,61-,62+,63+/m0/s1. The summed E-state index contributed by atoms with van der Waals surface area (Å²) in [7, 11) is 0. The first kappa shape index (κ1) is 52.5. The molecule has 0 amide bonds. The molecule has 74 heavy (non-hydrogen) atoms. The van der Waals surface area contributed by atoms with Crippen LogP contribution in [0.3, 0.4) is 0 Å². The van der Waals surface area contributed by atoms with Gasteiger partial charge in [-0.1, -0.05) is 75.3 Å². The van der Waals surface area contributed by atoms with Crippen molar-refractivity contribution in [1.82, 2.24) is 9.97 Å². The number of carbonyl (C=O) groups is 3. The van der Waals surface area contributed by atoms with Crippen LogP contribution in [0.2, 0.25) is 0 Å². The summed E-state index contributed by atoms with van der Waals surface area (Å²) in [5, 5.41) is 0. The van der Waals surface area contributed by atoms with Crippen molar-refractivity contribution in [2.45, 2.75) is 183 Å². The van der Waals surface area contributed by atoms with Gasteiger partial charge in [0, 0.05) is 37.6 Å². The summed E-state index contributed by atoms with van der Waals surface area (Å²) in [6, 6.07) is 8.54. The second-order valence-electron chi connectivity index (χ2n) is 25.3. The van der Waals surface area contributed by atoms with Crippen molar-refractivity contribution in [3.8, 4) is 0 Å². The van der Waals surface area contributed by atoms with Crippen molar-refractivity contribution < 1.29 is 42.8 Å². The van der Waals surface area contributed by atoms with Crippen LogP contribution in [0.4, 0.5) is 14.4 Å². The van der Waals surface area contributed by atoms with Gasteiger partial charge in [-0.15, -0.1) is 0 Å². The number of ether oxygens (including phenoxy) is 6. The van der Waals surface area contributed by atoms with Crippen molar-refractivity contribution in [2.75, 3.05) is 13.2 Å². The number of fused-ring (bicyclic) bond motifs is 10. The third-order valence-electron chi connectivity index (χ3n) is 20.8. The average Bonchev–Trinajstić information content (AvgIpc) is 3.92. The molecule has 400 valence electrons. The van der Waals surface area contributed by atoms with Gasteiger partial charge in [-0.2, -0.15) is 0 Å². The van der Waals surface area contributed by atoms with Crippen LogP contribution in [-0.4, -0.2) is 66.1 Å². The lowest BCUT2D eigenvalue weighted by Gasteiger charge is -2.58. The molecule has 2 aromatic rings. The van der Waals surface area contributed by atoms with Gasteiger partial charge in [0.15, 0.2) is 0 Å². The highest BCUT2D eigenvalue weighted by molar-refractivity contribution is 5.73. The van der Waals surface area contributed by atoms with Gasteiger partial charge >= 0.3 is 18.5 Å². The third-order valence-corrected chi connectivity index (χ3v) is 20.8. The van der Waals surface area contributed by atoms with Gasteiger partial charge in [0.1, 0.15) is 12.2 Å². The Kier molecular flexibility index (Phi) is 15.1. The number of pyridine rings is 2. The molecular formula is C63H84N2O9. The Morgan fingerprint density at radius 3 is 1.34 bits per heavy atom. The quantitative estimate of drug-likeness (QED) is 0.102. The predicted molar refractivity (Wildman–Crippen MR) is 285 cm³/mol. The van der Waals surface area contributed by atoms with E-state index in [1.165, 1.54) is 59.1 Å². The molecule has 0 saturated heterocycles. The number of rotatable bonds is 14. The van der Waals surface area contributed by atoms with Gasteiger partial charge in [-0.05, 0) is 221 Å². The number of hydrogen-bond donors (Lipinski definition) is 0. The second kappa shape index (κ2) is 21.2. The molecule has 0 aromatic carbocycles. The minimum atomic E-state index is -0.790. The first-order valence-corrected chi connectivity index (χ1v) is 28.7. The molecular weight excluding hydrogens is 929 g/mol. The molecule has 0 N–H and O–H groups in total. The summed E-state index contributed by atoms with van der Waals surface area (Å²) in [4.78, 5) is 48.4. The SMILES string of the molecule is CC(C)OC(=O)OC(CCOC(=O)OCCC(OC(=O)OC(C)C)[C@H]1CC[C@@]2(C)C(=CCC3C2CC[C@]2(C)C(c4cccnc4)=CCC32)C1)[C@H]1CC[C@@]2(C)C(=CCC3C2CC[C@]2(C)C(c4cccnc4)=CCC32)C1. The Hall–Kier alpha value is -4.93. The summed E-state index contributed by atoms with van der Waals surface area (Å²) >= 11 is 0. The lowest BCUT2D eigenvalue weighted by molar-refractivity contribution is -0.0489. The van der Waals surface area contributed by atoms with Crippen molar-refractivity contribution in [2.24, 2.45) is 69.0 Å². The van der Waals surface area contributed by atoms with Gasteiger partial charge in [0.05, 0.1) is 25.4 Å². The molecule has 2 aromatic heterocycles. The molecule has 0 bridgehead atoms. The van der Waals surface area contributed by atoms with E-state index in [0.29, 0.717) is 48.3 Å². The normalized spacial score (nSPS) is 35.6. The van der Waals surface area contributed by atoms with Crippen LogP contribution in [-0.2, 0) is 28.4 Å². The van der Waals surface area contributed by atoms with Crippen LogP contribution in [0, 0.1) is 69.0 Å². The molecule has 8 unspecified atom stereocenters. The van der Waals surface area contributed by atoms with Gasteiger partial charge in [-0.25, -0.2) is 14.4 Å². The molecule has 11 nitrogen and oxygen atoms in total. The average molecular weight is 1010 g/mol. The Morgan fingerprint density at radius 2 is 0.946 bits per heavy atom. The van der Waals surface area contributed by atoms with E-state index in [4.69, 9.17) is 28.4 Å². The highest BCUT2D eigenvalue weighted by Crippen LogP contribution is 2.68. The topological polar surface area (TPSA) is 132 Å². The molecule has 2 heterocycles. The van der Waals surface area contributed by atoms with Crippen LogP contribution in [0.25, 0.3) is 11.1 Å².